The number of rotatable bonds is 4. The first-order valence-electron chi connectivity index (χ1n) is 6.78. The van der Waals surface area contributed by atoms with Crippen LogP contribution in [0.1, 0.15) is 13.8 Å². The Morgan fingerprint density at radius 3 is 3.21 bits per heavy atom. The van der Waals surface area contributed by atoms with Gasteiger partial charge in [-0.2, -0.15) is 0 Å². The van der Waals surface area contributed by atoms with E-state index < -0.39 is 0 Å². The van der Waals surface area contributed by atoms with Crippen LogP contribution in [0.15, 0.2) is 24.5 Å². The molecule has 1 aromatic rings. The zero-order valence-electron chi connectivity index (χ0n) is 11.5. The molecule has 1 aliphatic rings. The predicted molar refractivity (Wildman–Crippen MR) is 74.0 cm³/mol. The predicted octanol–water partition coefficient (Wildman–Crippen LogP) is 1.06. The maximum Gasteiger partial charge on any atom is 0.310 e. The number of anilines is 1. The minimum Gasteiger partial charge on any atom is -0.466 e. The minimum atomic E-state index is -0.159. The first kappa shape index (κ1) is 13.8. The number of nitrogens with zero attached hydrogens (tertiary/aromatic N) is 2. The number of pyridine rings is 1. The van der Waals surface area contributed by atoms with E-state index in [2.05, 4.69) is 15.2 Å². The van der Waals surface area contributed by atoms with Crippen LogP contribution in [0.2, 0.25) is 0 Å². The molecule has 1 aromatic heterocycles. The number of carbonyl (C=O) groups excluding carboxylic acids is 1. The summed E-state index contributed by atoms with van der Waals surface area (Å²) >= 11 is 0. The lowest BCUT2D eigenvalue weighted by molar-refractivity contribution is -0.148. The number of carbonyl (C=O) groups is 1. The lowest BCUT2D eigenvalue weighted by atomic mass is 9.98. The van der Waals surface area contributed by atoms with Gasteiger partial charge in [0.05, 0.1) is 30.5 Å². The van der Waals surface area contributed by atoms with Gasteiger partial charge < -0.3 is 15.0 Å². The van der Waals surface area contributed by atoms with Crippen LogP contribution >= 0.6 is 0 Å². The van der Waals surface area contributed by atoms with Crippen LogP contribution in [0.3, 0.4) is 0 Å². The molecule has 1 saturated heterocycles. The van der Waals surface area contributed by atoms with Crippen LogP contribution in [0.4, 0.5) is 5.69 Å². The molecule has 1 N–H and O–H groups in total. The van der Waals surface area contributed by atoms with E-state index in [9.17, 15) is 4.79 Å². The van der Waals surface area contributed by atoms with Gasteiger partial charge in [0.2, 0.25) is 0 Å². The number of piperazine rings is 1. The number of ether oxygens (including phenoxy) is 1. The van der Waals surface area contributed by atoms with Gasteiger partial charge in [0.1, 0.15) is 0 Å². The van der Waals surface area contributed by atoms with Crippen molar-refractivity contribution in [2.45, 2.75) is 19.9 Å². The Morgan fingerprint density at radius 2 is 2.53 bits per heavy atom. The molecule has 0 bridgehead atoms. The van der Waals surface area contributed by atoms with Gasteiger partial charge >= 0.3 is 5.97 Å². The van der Waals surface area contributed by atoms with E-state index in [1.807, 2.05) is 32.2 Å². The van der Waals surface area contributed by atoms with E-state index >= 15 is 0 Å². The normalized spacial score (nSPS) is 20.9. The summed E-state index contributed by atoms with van der Waals surface area (Å²) < 4.78 is 5.13. The number of esters is 1. The topological polar surface area (TPSA) is 54.5 Å². The average molecular weight is 263 g/mol. The number of nitrogens with one attached hydrogen (secondary N) is 1. The van der Waals surface area contributed by atoms with Crippen LogP contribution in [0.5, 0.6) is 0 Å². The van der Waals surface area contributed by atoms with E-state index in [4.69, 9.17) is 4.74 Å². The maximum atomic E-state index is 11.9. The molecule has 0 amide bonds. The molecule has 0 saturated carbocycles. The molecule has 5 nitrogen and oxygen atoms in total. The minimum absolute atomic E-state index is 0.108. The van der Waals surface area contributed by atoms with Crippen LogP contribution in [0, 0.1) is 5.92 Å². The van der Waals surface area contributed by atoms with Crippen molar-refractivity contribution in [2.24, 2.45) is 5.92 Å². The Morgan fingerprint density at radius 1 is 1.68 bits per heavy atom. The van der Waals surface area contributed by atoms with Crippen LogP contribution in [0.25, 0.3) is 0 Å². The van der Waals surface area contributed by atoms with Crippen molar-refractivity contribution in [2.75, 3.05) is 31.1 Å². The molecule has 19 heavy (non-hydrogen) atoms. The largest absolute Gasteiger partial charge is 0.466 e. The molecule has 2 heterocycles. The van der Waals surface area contributed by atoms with Gasteiger partial charge in [-0.1, -0.05) is 0 Å². The molecule has 104 valence electrons. The molecular formula is C14H21N3O2. The lowest BCUT2D eigenvalue weighted by Crippen LogP contribution is -2.55. The average Bonchev–Trinajstić information content (AvgIpc) is 2.47. The van der Waals surface area contributed by atoms with Crippen LogP contribution in [-0.4, -0.2) is 43.2 Å². The van der Waals surface area contributed by atoms with Crippen molar-refractivity contribution >= 4 is 11.7 Å². The summed E-state index contributed by atoms with van der Waals surface area (Å²) in [4.78, 5) is 18.3. The standard InChI is InChI=1S/C14H21N3O2/c1-3-19-14(18)11(2)13-10-16-7-8-17(13)12-5-4-6-15-9-12/h4-6,9,11,13,16H,3,7-8,10H2,1-2H3. The third-order valence-corrected chi connectivity index (χ3v) is 3.50. The molecule has 0 aromatic carbocycles. The Hall–Kier alpha value is -1.62. The monoisotopic (exact) mass is 263 g/mol. The van der Waals surface area contributed by atoms with Crippen molar-refractivity contribution in [3.8, 4) is 0 Å². The molecule has 2 atom stereocenters. The second-order valence-corrected chi connectivity index (χ2v) is 4.72. The van der Waals surface area contributed by atoms with Gasteiger partial charge in [-0.25, -0.2) is 0 Å². The van der Waals surface area contributed by atoms with Crippen molar-refractivity contribution in [1.82, 2.24) is 10.3 Å². The molecule has 2 rings (SSSR count). The fraction of sp³-hybridized carbons (Fsp3) is 0.571. The van der Waals surface area contributed by atoms with Crippen LogP contribution < -0.4 is 10.2 Å². The van der Waals surface area contributed by atoms with E-state index in [1.165, 1.54) is 0 Å². The molecule has 5 heteroatoms. The zero-order chi connectivity index (χ0) is 13.7. The highest BCUT2D eigenvalue weighted by molar-refractivity contribution is 5.74. The second kappa shape index (κ2) is 6.52. The summed E-state index contributed by atoms with van der Waals surface area (Å²) in [5, 5.41) is 3.34. The second-order valence-electron chi connectivity index (χ2n) is 4.72. The van der Waals surface area contributed by atoms with Gasteiger partial charge in [0.25, 0.3) is 0 Å². The van der Waals surface area contributed by atoms with Crippen molar-refractivity contribution in [3.05, 3.63) is 24.5 Å². The number of hydrogen-bond donors (Lipinski definition) is 1. The van der Waals surface area contributed by atoms with Gasteiger partial charge in [0, 0.05) is 25.8 Å². The first-order valence-corrected chi connectivity index (χ1v) is 6.78. The van der Waals surface area contributed by atoms with Gasteiger partial charge in [-0.05, 0) is 26.0 Å². The summed E-state index contributed by atoms with van der Waals surface area (Å²) in [7, 11) is 0. The van der Waals surface area contributed by atoms with E-state index in [0.717, 1.165) is 25.3 Å². The smallest absolute Gasteiger partial charge is 0.310 e. The van der Waals surface area contributed by atoms with Crippen molar-refractivity contribution < 1.29 is 9.53 Å². The molecular weight excluding hydrogens is 242 g/mol. The Kier molecular flexibility index (Phi) is 4.74. The highest BCUT2D eigenvalue weighted by Gasteiger charge is 2.32. The summed E-state index contributed by atoms with van der Waals surface area (Å²) in [6, 6.07) is 4.06. The third-order valence-electron chi connectivity index (χ3n) is 3.50. The summed E-state index contributed by atoms with van der Waals surface area (Å²) in [5.41, 5.74) is 1.06. The Labute approximate surface area is 114 Å². The van der Waals surface area contributed by atoms with Gasteiger partial charge in [-0.3, -0.25) is 9.78 Å². The van der Waals surface area contributed by atoms with Gasteiger partial charge in [-0.15, -0.1) is 0 Å². The maximum absolute atomic E-state index is 11.9. The molecule has 0 spiro atoms. The first-order chi connectivity index (χ1) is 9.24. The van der Waals surface area contributed by atoms with Crippen molar-refractivity contribution in [1.29, 1.82) is 0 Å². The summed E-state index contributed by atoms with van der Waals surface area (Å²) in [6.07, 6.45) is 3.60. The summed E-state index contributed by atoms with van der Waals surface area (Å²) in [5.74, 6) is -0.293. The van der Waals surface area contributed by atoms with Crippen LogP contribution in [-0.2, 0) is 9.53 Å². The highest BCUT2D eigenvalue weighted by Crippen LogP contribution is 2.22. The van der Waals surface area contributed by atoms with E-state index in [-0.39, 0.29) is 17.9 Å². The van der Waals surface area contributed by atoms with E-state index in [0.29, 0.717) is 6.61 Å². The molecule has 0 radical (unpaired) electrons. The lowest BCUT2D eigenvalue weighted by Gasteiger charge is -2.40. The fourth-order valence-electron chi connectivity index (χ4n) is 2.45. The van der Waals surface area contributed by atoms with Gasteiger partial charge in [0.15, 0.2) is 0 Å². The quantitative estimate of drug-likeness (QED) is 0.823. The molecule has 2 unspecified atom stereocenters. The number of hydrogen-bond acceptors (Lipinski definition) is 5. The zero-order valence-corrected chi connectivity index (χ0v) is 11.5. The molecule has 1 aliphatic heterocycles. The summed E-state index contributed by atoms with van der Waals surface area (Å²) in [6.45, 7) is 6.77. The Balaban J connectivity index is 2.14. The van der Waals surface area contributed by atoms with Crippen molar-refractivity contribution in [3.63, 3.8) is 0 Å². The van der Waals surface area contributed by atoms with E-state index in [1.54, 1.807) is 6.20 Å². The fourth-order valence-corrected chi connectivity index (χ4v) is 2.45. The highest BCUT2D eigenvalue weighted by atomic mass is 16.5. The molecule has 1 fully saturated rings. The third kappa shape index (κ3) is 3.23. The number of aromatic nitrogens is 1. The Bertz CT molecular complexity index is 410. The SMILES string of the molecule is CCOC(=O)C(C)C1CNCCN1c1cccnc1. The molecule has 0 aliphatic carbocycles.